The maximum absolute atomic E-state index is 11.9. The summed E-state index contributed by atoms with van der Waals surface area (Å²) in [5.41, 5.74) is 3.72. The average molecular weight is 300 g/mol. The SMILES string of the molecule is CC(C)(C)c1ccc(NC(=O)NCCC2=CCCCC2)cc1. The second-order valence-corrected chi connectivity index (χ2v) is 7.07. The zero-order chi connectivity index (χ0) is 16.0. The maximum Gasteiger partial charge on any atom is 0.319 e. The molecule has 1 aliphatic rings. The lowest BCUT2D eigenvalue weighted by Crippen LogP contribution is -2.29. The van der Waals surface area contributed by atoms with Crippen molar-refractivity contribution in [2.75, 3.05) is 11.9 Å². The Bertz CT molecular complexity index is 523. The van der Waals surface area contributed by atoms with Crippen LogP contribution in [0.1, 0.15) is 58.4 Å². The molecule has 2 rings (SSSR count). The van der Waals surface area contributed by atoms with Gasteiger partial charge in [0.15, 0.2) is 0 Å². The molecule has 120 valence electrons. The fraction of sp³-hybridized carbons (Fsp3) is 0.526. The Hall–Kier alpha value is -1.77. The van der Waals surface area contributed by atoms with Gasteiger partial charge in [0.05, 0.1) is 0 Å². The summed E-state index contributed by atoms with van der Waals surface area (Å²) in [5, 5.41) is 5.82. The first-order valence-corrected chi connectivity index (χ1v) is 8.28. The van der Waals surface area contributed by atoms with Gasteiger partial charge in [-0.15, -0.1) is 0 Å². The highest BCUT2D eigenvalue weighted by molar-refractivity contribution is 5.89. The third-order valence-electron chi connectivity index (χ3n) is 4.13. The zero-order valence-corrected chi connectivity index (χ0v) is 14.0. The molecular formula is C19H28N2O. The molecule has 0 aromatic heterocycles. The number of hydrogen-bond acceptors (Lipinski definition) is 1. The number of carbonyl (C=O) groups excluding carboxylic acids is 1. The number of anilines is 1. The summed E-state index contributed by atoms with van der Waals surface area (Å²) >= 11 is 0. The zero-order valence-electron chi connectivity index (χ0n) is 14.0. The first-order chi connectivity index (χ1) is 10.4. The summed E-state index contributed by atoms with van der Waals surface area (Å²) in [7, 11) is 0. The molecule has 2 N–H and O–H groups in total. The van der Waals surface area contributed by atoms with Gasteiger partial charge in [0, 0.05) is 12.2 Å². The molecule has 1 aromatic carbocycles. The van der Waals surface area contributed by atoms with Crippen molar-refractivity contribution in [3.05, 3.63) is 41.5 Å². The molecule has 2 amide bonds. The Morgan fingerprint density at radius 1 is 1.14 bits per heavy atom. The summed E-state index contributed by atoms with van der Waals surface area (Å²) in [6.07, 6.45) is 8.28. The summed E-state index contributed by atoms with van der Waals surface area (Å²) in [5.74, 6) is 0. The van der Waals surface area contributed by atoms with Crippen molar-refractivity contribution >= 4 is 11.7 Å². The Morgan fingerprint density at radius 3 is 2.45 bits per heavy atom. The van der Waals surface area contributed by atoms with Crippen LogP contribution in [0, 0.1) is 0 Å². The molecule has 0 spiro atoms. The van der Waals surface area contributed by atoms with E-state index in [0.29, 0.717) is 6.54 Å². The third-order valence-corrected chi connectivity index (χ3v) is 4.13. The van der Waals surface area contributed by atoms with Gasteiger partial charge in [0.2, 0.25) is 0 Å². The summed E-state index contributed by atoms with van der Waals surface area (Å²) in [6.45, 7) is 7.25. The van der Waals surface area contributed by atoms with E-state index >= 15 is 0 Å². The molecule has 0 bridgehead atoms. The van der Waals surface area contributed by atoms with Crippen molar-refractivity contribution in [1.82, 2.24) is 5.32 Å². The minimum atomic E-state index is -0.125. The van der Waals surface area contributed by atoms with Crippen molar-refractivity contribution in [2.24, 2.45) is 0 Å². The third kappa shape index (κ3) is 5.21. The normalized spacial score (nSPS) is 15.1. The van der Waals surface area contributed by atoms with E-state index in [1.807, 2.05) is 12.1 Å². The Labute approximate surface area is 134 Å². The quantitative estimate of drug-likeness (QED) is 0.755. The fourth-order valence-electron chi connectivity index (χ4n) is 2.70. The van der Waals surface area contributed by atoms with Crippen LogP contribution < -0.4 is 10.6 Å². The molecule has 22 heavy (non-hydrogen) atoms. The predicted octanol–water partition coefficient (Wildman–Crippen LogP) is 5.00. The molecule has 0 unspecified atom stereocenters. The first-order valence-electron chi connectivity index (χ1n) is 8.28. The molecular weight excluding hydrogens is 272 g/mol. The molecule has 0 saturated carbocycles. The minimum absolute atomic E-state index is 0.125. The molecule has 0 heterocycles. The van der Waals surface area contributed by atoms with Crippen LogP contribution in [0.5, 0.6) is 0 Å². The molecule has 0 aliphatic heterocycles. The number of rotatable bonds is 4. The van der Waals surface area contributed by atoms with Crippen LogP contribution in [0.15, 0.2) is 35.9 Å². The van der Waals surface area contributed by atoms with E-state index in [2.05, 4.69) is 49.6 Å². The highest BCUT2D eigenvalue weighted by atomic mass is 16.2. The van der Waals surface area contributed by atoms with Gasteiger partial charge < -0.3 is 10.6 Å². The van der Waals surface area contributed by atoms with E-state index < -0.39 is 0 Å². The lowest BCUT2D eigenvalue weighted by atomic mass is 9.87. The second kappa shape index (κ2) is 7.48. The largest absolute Gasteiger partial charge is 0.338 e. The number of hydrogen-bond donors (Lipinski definition) is 2. The minimum Gasteiger partial charge on any atom is -0.338 e. The smallest absolute Gasteiger partial charge is 0.319 e. The second-order valence-electron chi connectivity index (χ2n) is 7.07. The molecule has 1 aliphatic carbocycles. The van der Waals surface area contributed by atoms with Crippen LogP contribution in [-0.2, 0) is 5.41 Å². The van der Waals surface area contributed by atoms with Crippen LogP contribution in [0.25, 0.3) is 0 Å². The Morgan fingerprint density at radius 2 is 1.86 bits per heavy atom. The van der Waals surface area contributed by atoms with Crippen molar-refractivity contribution < 1.29 is 4.79 Å². The van der Waals surface area contributed by atoms with Gasteiger partial charge in [-0.2, -0.15) is 0 Å². The molecule has 0 saturated heterocycles. The van der Waals surface area contributed by atoms with E-state index in [9.17, 15) is 4.79 Å². The number of urea groups is 1. The molecule has 0 atom stereocenters. The Balaban J connectivity index is 1.76. The van der Waals surface area contributed by atoms with Crippen molar-refractivity contribution in [3.8, 4) is 0 Å². The van der Waals surface area contributed by atoms with E-state index in [-0.39, 0.29) is 11.4 Å². The first kappa shape index (κ1) is 16.6. The average Bonchev–Trinajstić information content (AvgIpc) is 2.48. The lowest BCUT2D eigenvalue weighted by Gasteiger charge is -2.19. The van der Waals surface area contributed by atoms with Gasteiger partial charge >= 0.3 is 6.03 Å². The van der Waals surface area contributed by atoms with E-state index in [0.717, 1.165) is 12.1 Å². The lowest BCUT2D eigenvalue weighted by molar-refractivity contribution is 0.252. The standard InChI is InChI=1S/C19H28N2O/c1-19(2,3)16-9-11-17(12-10-16)21-18(22)20-14-13-15-7-5-4-6-8-15/h7,9-12H,4-6,8,13-14H2,1-3H3,(H2,20,21,22). The number of carbonyl (C=O) groups is 1. The molecule has 0 fully saturated rings. The number of benzene rings is 1. The van der Waals surface area contributed by atoms with Gasteiger partial charge in [-0.1, -0.05) is 44.6 Å². The monoisotopic (exact) mass is 300 g/mol. The number of amides is 2. The van der Waals surface area contributed by atoms with Crippen LogP contribution >= 0.6 is 0 Å². The van der Waals surface area contributed by atoms with Gasteiger partial charge in [-0.05, 0) is 55.2 Å². The van der Waals surface area contributed by atoms with Crippen molar-refractivity contribution in [1.29, 1.82) is 0 Å². The summed E-state index contributed by atoms with van der Waals surface area (Å²) < 4.78 is 0. The van der Waals surface area contributed by atoms with Crippen LogP contribution in [0.4, 0.5) is 10.5 Å². The highest BCUT2D eigenvalue weighted by Crippen LogP contribution is 2.23. The highest BCUT2D eigenvalue weighted by Gasteiger charge is 2.13. The molecule has 1 aromatic rings. The van der Waals surface area contributed by atoms with Crippen LogP contribution in [0.3, 0.4) is 0 Å². The van der Waals surface area contributed by atoms with Crippen LogP contribution in [-0.4, -0.2) is 12.6 Å². The maximum atomic E-state index is 11.9. The van der Waals surface area contributed by atoms with Gasteiger partial charge in [-0.3, -0.25) is 0 Å². The van der Waals surface area contributed by atoms with Gasteiger partial charge in [0.1, 0.15) is 0 Å². The van der Waals surface area contributed by atoms with E-state index in [4.69, 9.17) is 0 Å². The summed E-state index contributed by atoms with van der Waals surface area (Å²) in [6, 6.07) is 7.94. The van der Waals surface area contributed by atoms with Crippen molar-refractivity contribution in [2.45, 2.75) is 58.3 Å². The Kier molecular flexibility index (Phi) is 5.64. The predicted molar refractivity (Wildman–Crippen MR) is 93.3 cm³/mol. The topological polar surface area (TPSA) is 41.1 Å². The molecule has 3 heteroatoms. The van der Waals surface area contributed by atoms with E-state index in [1.54, 1.807) is 0 Å². The van der Waals surface area contributed by atoms with Gasteiger partial charge in [0.25, 0.3) is 0 Å². The van der Waals surface area contributed by atoms with E-state index in [1.165, 1.54) is 36.8 Å². The molecule has 3 nitrogen and oxygen atoms in total. The summed E-state index contributed by atoms with van der Waals surface area (Å²) in [4.78, 5) is 11.9. The van der Waals surface area contributed by atoms with Crippen molar-refractivity contribution in [3.63, 3.8) is 0 Å². The number of allylic oxidation sites excluding steroid dienone is 1. The number of nitrogens with one attached hydrogen (secondary N) is 2. The van der Waals surface area contributed by atoms with Gasteiger partial charge in [-0.25, -0.2) is 4.79 Å². The fourth-order valence-corrected chi connectivity index (χ4v) is 2.70. The van der Waals surface area contributed by atoms with Crippen LogP contribution in [0.2, 0.25) is 0 Å². The molecule has 0 radical (unpaired) electrons.